The summed E-state index contributed by atoms with van der Waals surface area (Å²) >= 11 is 0. The summed E-state index contributed by atoms with van der Waals surface area (Å²) in [7, 11) is -0.961. The number of carbonyl (C=O) groups excluding carboxylic acids is 2. The molecule has 0 aliphatic carbocycles. The molecule has 1 aliphatic heterocycles. The Morgan fingerprint density at radius 3 is 1.89 bits per heavy atom. The van der Waals surface area contributed by atoms with Crippen LogP contribution in [0.4, 0.5) is 5.82 Å². The molecule has 0 radical (unpaired) electrons. The minimum absolute atomic E-state index is 0.0705. The number of aromatic nitrogens is 2. The van der Waals surface area contributed by atoms with E-state index in [9.17, 15) is 14.4 Å². The Bertz CT molecular complexity index is 2040. The Kier molecular flexibility index (Phi) is 10.9. The maximum atomic E-state index is 14.5. The molecule has 10 nitrogen and oxygen atoms in total. The molecule has 2 heterocycles. The van der Waals surface area contributed by atoms with E-state index >= 15 is 0 Å². The molecule has 0 saturated carbocycles. The fourth-order valence-corrected chi connectivity index (χ4v) is 7.37. The Labute approximate surface area is 310 Å². The van der Waals surface area contributed by atoms with E-state index in [1.165, 1.54) is 16.8 Å². The molecule has 11 heteroatoms. The van der Waals surface area contributed by atoms with E-state index in [-0.39, 0.29) is 23.2 Å². The Hall–Kier alpha value is -5.20. The summed E-state index contributed by atoms with van der Waals surface area (Å²) in [4.78, 5) is 45.0. The van der Waals surface area contributed by atoms with Crippen molar-refractivity contribution < 1.29 is 28.2 Å². The van der Waals surface area contributed by atoms with E-state index in [0.29, 0.717) is 11.3 Å². The highest BCUT2D eigenvalue weighted by Crippen LogP contribution is 2.44. The molecule has 274 valence electrons. The van der Waals surface area contributed by atoms with Gasteiger partial charge in [-0.05, 0) is 65.2 Å². The lowest BCUT2D eigenvalue weighted by atomic mass is 9.80. The Balaban J connectivity index is 1.36. The maximum Gasteiger partial charge on any atom is 0.351 e. The van der Waals surface area contributed by atoms with Gasteiger partial charge < -0.3 is 24.0 Å². The topological polar surface area (TPSA) is 118 Å². The average Bonchev–Trinajstić information content (AvgIpc) is 3.46. The Morgan fingerprint density at radius 2 is 1.36 bits per heavy atom. The average molecular weight is 732 g/mol. The van der Waals surface area contributed by atoms with Crippen LogP contribution < -0.4 is 15.7 Å². The lowest BCUT2D eigenvalue weighted by molar-refractivity contribution is -0.131. The minimum Gasteiger partial charge on any atom is -0.497 e. The summed E-state index contributed by atoms with van der Waals surface area (Å²) in [5, 5.41) is 2.43. The third-order valence-electron chi connectivity index (χ3n) is 10.1. The number of methoxy groups -OCH3 is 1. The summed E-state index contributed by atoms with van der Waals surface area (Å²) in [5.41, 5.74) is 1.08. The van der Waals surface area contributed by atoms with Gasteiger partial charge in [0.1, 0.15) is 23.3 Å². The third-order valence-corrected chi connectivity index (χ3v) is 14.5. The second-order valence-corrected chi connectivity index (χ2v) is 19.2. The highest BCUT2D eigenvalue weighted by molar-refractivity contribution is 6.74. The van der Waals surface area contributed by atoms with Crippen molar-refractivity contribution in [2.24, 2.45) is 0 Å². The first-order chi connectivity index (χ1) is 25.3. The molecule has 1 saturated heterocycles. The zero-order valence-electron chi connectivity index (χ0n) is 30.8. The number of rotatable bonds is 12. The summed E-state index contributed by atoms with van der Waals surface area (Å²) in [6.45, 7) is 10.2. The van der Waals surface area contributed by atoms with E-state index in [2.05, 4.69) is 31.1 Å². The smallest absolute Gasteiger partial charge is 0.351 e. The van der Waals surface area contributed by atoms with Gasteiger partial charge in [0, 0.05) is 11.8 Å². The van der Waals surface area contributed by atoms with E-state index < -0.39 is 44.0 Å². The summed E-state index contributed by atoms with van der Waals surface area (Å²) in [6.07, 6.45) is -1.87. The standard InChI is InChI=1S/C42H45N3O7Si/c1-41(2,3)53(5,6)52-37-36(46)34(51-39(37)45-27-26-35(44-40(45)48)43-38(47)29-16-10-7-11-17-29)28-50-42(30-18-12-8-13-19-30,31-20-14-9-15-21-31)32-22-24-33(49-4)25-23-32/h7-27,34,37,39H,28H2,1-6H3,(H,43,44,47,48)/t34-,37-,39-/m1/s1. The second-order valence-electron chi connectivity index (χ2n) is 14.5. The van der Waals surface area contributed by atoms with Gasteiger partial charge in [0.15, 0.2) is 26.4 Å². The van der Waals surface area contributed by atoms with Gasteiger partial charge in [0.05, 0.1) is 13.7 Å². The van der Waals surface area contributed by atoms with E-state index in [0.717, 1.165) is 16.7 Å². The first-order valence-corrected chi connectivity index (χ1v) is 20.5. The van der Waals surface area contributed by atoms with Gasteiger partial charge in [0.25, 0.3) is 5.91 Å². The van der Waals surface area contributed by atoms with Crippen molar-refractivity contribution in [2.45, 2.75) is 62.9 Å². The van der Waals surface area contributed by atoms with Gasteiger partial charge in [-0.2, -0.15) is 4.98 Å². The van der Waals surface area contributed by atoms with Gasteiger partial charge >= 0.3 is 5.69 Å². The van der Waals surface area contributed by atoms with Gasteiger partial charge in [-0.25, -0.2) is 4.79 Å². The molecule has 1 aliphatic rings. The van der Waals surface area contributed by atoms with E-state index in [1.54, 1.807) is 31.4 Å². The zero-order chi connectivity index (χ0) is 37.8. The van der Waals surface area contributed by atoms with Crippen molar-refractivity contribution in [1.82, 2.24) is 9.55 Å². The molecule has 6 rings (SSSR count). The molecular formula is C42H45N3O7Si. The van der Waals surface area contributed by atoms with Crippen LogP contribution in [0.25, 0.3) is 0 Å². The number of carbonyl (C=O) groups is 2. The van der Waals surface area contributed by atoms with Gasteiger partial charge in [-0.3, -0.25) is 14.2 Å². The molecule has 53 heavy (non-hydrogen) atoms. The number of hydrogen-bond acceptors (Lipinski definition) is 8. The van der Waals surface area contributed by atoms with Crippen molar-refractivity contribution >= 4 is 25.8 Å². The summed E-state index contributed by atoms with van der Waals surface area (Å²) in [6, 6.07) is 37.4. The molecule has 0 spiro atoms. The Morgan fingerprint density at radius 1 is 0.811 bits per heavy atom. The molecule has 1 amide bonds. The SMILES string of the molecule is COc1ccc(C(OC[C@H]2O[C@@H](n3ccc(NC(=O)c4ccccc4)nc3=O)[C@H](O[Si](C)(C)C(C)(C)C)C2=O)(c2ccccc2)c2ccccc2)cc1. The van der Waals surface area contributed by atoms with Crippen molar-refractivity contribution in [3.8, 4) is 5.75 Å². The predicted molar refractivity (Wildman–Crippen MR) is 206 cm³/mol. The van der Waals surface area contributed by atoms with Crippen LogP contribution in [0.2, 0.25) is 18.1 Å². The lowest BCUT2D eigenvalue weighted by Crippen LogP contribution is -2.48. The number of Topliss-reactive ketones (excluding diaryl/α,β-unsaturated/α-hetero) is 1. The zero-order valence-corrected chi connectivity index (χ0v) is 31.8. The van der Waals surface area contributed by atoms with Gasteiger partial charge in [-0.15, -0.1) is 0 Å². The number of benzene rings is 4. The van der Waals surface area contributed by atoms with Crippen LogP contribution in [0.1, 0.15) is 54.0 Å². The number of nitrogens with zero attached hydrogens (tertiary/aromatic N) is 2. The highest BCUT2D eigenvalue weighted by atomic mass is 28.4. The molecule has 0 bridgehead atoms. The minimum atomic E-state index is -2.58. The van der Waals surface area contributed by atoms with Crippen LogP contribution in [0.3, 0.4) is 0 Å². The fraction of sp³-hybridized carbons (Fsp3) is 0.286. The maximum absolute atomic E-state index is 14.5. The molecule has 1 N–H and O–H groups in total. The predicted octanol–water partition coefficient (Wildman–Crippen LogP) is 7.37. The van der Waals surface area contributed by atoms with E-state index in [1.807, 2.05) is 104 Å². The number of nitrogens with one attached hydrogen (secondary N) is 1. The van der Waals surface area contributed by atoms with Crippen LogP contribution in [-0.2, 0) is 24.3 Å². The molecule has 5 aromatic rings. The second kappa shape index (κ2) is 15.4. The normalized spacial score (nSPS) is 17.8. The van der Waals surface area contributed by atoms with Crippen LogP contribution in [0.5, 0.6) is 5.75 Å². The number of amides is 1. The number of anilines is 1. The largest absolute Gasteiger partial charge is 0.497 e. The molecule has 1 fully saturated rings. The van der Waals surface area contributed by atoms with Crippen LogP contribution >= 0.6 is 0 Å². The van der Waals surface area contributed by atoms with Gasteiger partial charge in [0.2, 0.25) is 0 Å². The monoisotopic (exact) mass is 731 g/mol. The summed E-state index contributed by atoms with van der Waals surface area (Å²) < 4.78 is 26.9. The van der Waals surface area contributed by atoms with Crippen LogP contribution in [0, 0.1) is 0 Å². The highest BCUT2D eigenvalue weighted by Gasteiger charge is 2.51. The van der Waals surface area contributed by atoms with Crippen LogP contribution in [0.15, 0.2) is 132 Å². The third kappa shape index (κ3) is 7.79. The van der Waals surface area contributed by atoms with Crippen molar-refractivity contribution in [1.29, 1.82) is 0 Å². The van der Waals surface area contributed by atoms with Crippen molar-refractivity contribution in [3.05, 3.63) is 160 Å². The lowest BCUT2D eigenvalue weighted by Gasteiger charge is -2.38. The van der Waals surface area contributed by atoms with E-state index in [4.69, 9.17) is 18.6 Å². The first kappa shape index (κ1) is 37.6. The molecular weight excluding hydrogens is 687 g/mol. The first-order valence-electron chi connectivity index (χ1n) is 17.6. The van der Waals surface area contributed by atoms with Crippen molar-refractivity contribution in [3.63, 3.8) is 0 Å². The fourth-order valence-electron chi connectivity index (χ4n) is 6.15. The van der Waals surface area contributed by atoms with Crippen LogP contribution in [-0.4, -0.2) is 55.5 Å². The summed E-state index contributed by atoms with van der Waals surface area (Å²) in [5.74, 6) is 0.0198. The molecule has 1 aromatic heterocycles. The number of ketones is 1. The number of hydrogen-bond donors (Lipinski definition) is 1. The quantitative estimate of drug-likeness (QED) is 0.104. The number of ether oxygens (including phenoxy) is 3. The molecule has 3 atom stereocenters. The molecule has 0 unspecified atom stereocenters. The molecule has 4 aromatic carbocycles. The van der Waals surface area contributed by atoms with Gasteiger partial charge in [-0.1, -0.05) is 112 Å². The van der Waals surface area contributed by atoms with Crippen molar-refractivity contribution in [2.75, 3.05) is 19.0 Å².